The summed E-state index contributed by atoms with van der Waals surface area (Å²) in [5.74, 6) is -0.966. The molecule has 4 nitrogen and oxygen atoms in total. The van der Waals surface area contributed by atoms with Crippen molar-refractivity contribution < 1.29 is 19.3 Å². The maximum atomic E-state index is 8.63. The van der Waals surface area contributed by atoms with Crippen LogP contribution in [0.2, 0.25) is 0 Å². The van der Waals surface area contributed by atoms with E-state index in [1.54, 1.807) is 0 Å². The Morgan fingerprint density at radius 2 is 1.54 bits per heavy atom. The van der Waals surface area contributed by atoms with Crippen LogP contribution in [0, 0.1) is 0 Å². The van der Waals surface area contributed by atoms with E-state index < -0.39 is 5.97 Å². The molecule has 0 rings (SSSR count). The number of hydrogen-bond donors (Lipinski definition) is 1. The van der Waals surface area contributed by atoms with Gasteiger partial charge in [-0.2, -0.15) is 0 Å². The lowest BCUT2D eigenvalue weighted by Gasteiger charge is -2.31. The average molecular weight is 192 g/mol. The monoisotopic (exact) mass is 192 g/mol. The molecule has 0 aromatic heterocycles. The third-order valence-corrected chi connectivity index (χ3v) is 1.57. The van der Waals surface area contributed by atoms with Crippen LogP contribution in [-0.4, -0.2) is 37.5 Å². The summed E-state index contributed by atoms with van der Waals surface area (Å²) in [6, 6.07) is 0. The Balaban J connectivity index is 4.07. The van der Waals surface area contributed by atoms with Crippen molar-refractivity contribution in [2.24, 2.45) is 0 Å². The third kappa shape index (κ3) is 4.57. The number of rotatable bonds is 8. The highest BCUT2D eigenvalue weighted by Crippen LogP contribution is 2.19. The van der Waals surface area contributed by atoms with Gasteiger partial charge < -0.3 is 19.3 Å². The first kappa shape index (κ1) is 12.8. The van der Waals surface area contributed by atoms with Crippen LogP contribution >= 0.6 is 0 Å². The minimum atomic E-state index is -0.966. The van der Waals surface area contributed by atoms with E-state index in [0.29, 0.717) is 19.6 Å². The molecule has 0 bridgehead atoms. The maximum absolute atomic E-state index is 8.63. The van der Waals surface area contributed by atoms with E-state index in [1.807, 2.05) is 20.8 Å². The molecule has 0 aliphatic heterocycles. The van der Waals surface area contributed by atoms with Crippen molar-refractivity contribution in [3.63, 3.8) is 0 Å². The summed E-state index contributed by atoms with van der Waals surface area (Å²) < 4.78 is 16.0. The van der Waals surface area contributed by atoms with Gasteiger partial charge in [-0.05, 0) is 13.8 Å². The second kappa shape index (κ2) is 7.26. The first-order chi connectivity index (χ1) is 6.24. The van der Waals surface area contributed by atoms with Crippen molar-refractivity contribution in [1.29, 1.82) is 0 Å². The van der Waals surface area contributed by atoms with Crippen LogP contribution in [0.4, 0.5) is 0 Å². The van der Waals surface area contributed by atoms with Crippen molar-refractivity contribution in [3.8, 4) is 0 Å². The predicted molar refractivity (Wildman–Crippen MR) is 49.3 cm³/mol. The molecule has 80 valence electrons. The van der Waals surface area contributed by atoms with E-state index >= 15 is 0 Å². The van der Waals surface area contributed by atoms with Crippen molar-refractivity contribution in [2.75, 3.05) is 26.4 Å². The molecule has 0 saturated heterocycles. The van der Waals surface area contributed by atoms with Gasteiger partial charge >= 0.3 is 0 Å². The zero-order valence-corrected chi connectivity index (χ0v) is 8.71. The Morgan fingerprint density at radius 1 is 1.00 bits per heavy atom. The summed E-state index contributed by atoms with van der Waals surface area (Å²) in [4.78, 5) is 0. The zero-order chi connectivity index (χ0) is 10.2. The molecule has 0 fully saturated rings. The highest BCUT2D eigenvalue weighted by atomic mass is 16.9. The van der Waals surface area contributed by atoms with Crippen LogP contribution < -0.4 is 0 Å². The lowest BCUT2D eigenvalue weighted by Crippen LogP contribution is -2.39. The van der Waals surface area contributed by atoms with Crippen LogP contribution in [0.3, 0.4) is 0 Å². The minimum Gasteiger partial charge on any atom is -0.394 e. The molecule has 1 N–H and O–H groups in total. The molecule has 0 aliphatic carbocycles. The third-order valence-electron chi connectivity index (χ3n) is 1.57. The summed E-state index contributed by atoms with van der Waals surface area (Å²) in [5, 5.41) is 8.63. The Morgan fingerprint density at radius 3 is 1.85 bits per heavy atom. The van der Waals surface area contributed by atoms with Gasteiger partial charge in [-0.25, -0.2) is 0 Å². The van der Waals surface area contributed by atoms with Gasteiger partial charge in [0.25, 0.3) is 5.97 Å². The van der Waals surface area contributed by atoms with E-state index in [0.717, 1.165) is 0 Å². The van der Waals surface area contributed by atoms with E-state index in [4.69, 9.17) is 19.3 Å². The standard InChI is InChI=1S/C9H20O4/c1-4-9(11-5-2,12-6-3)13-8-7-10/h10H,4-8H2,1-3H3. The van der Waals surface area contributed by atoms with Gasteiger partial charge in [-0.1, -0.05) is 6.92 Å². The fourth-order valence-electron chi connectivity index (χ4n) is 1.07. The van der Waals surface area contributed by atoms with E-state index in [1.165, 1.54) is 0 Å². The van der Waals surface area contributed by atoms with Crippen molar-refractivity contribution in [1.82, 2.24) is 0 Å². The molecule has 13 heavy (non-hydrogen) atoms. The van der Waals surface area contributed by atoms with Crippen LogP contribution in [0.25, 0.3) is 0 Å². The van der Waals surface area contributed by atoms with Gasteiger partial charge in [-0.3, -0.25) is 0 Å². The highest BCUT2D eigenvalue weighted by molar-refractivity contribution is 4.53. The van der Waals surface area contributed by atoms with Gasteiger partial charge in [0.1, 0.15) is 0 Å². The molecule has 0 atom stereocenters. The SMILES string of the molecule is CCOC(CC)(OCC)OCCO. The predicted octanol–water partition coefficient (Wildman–Crippen LogP) is 1.13. The molecule has 0 radical (unpaired) electrons. The van der Waals surface area contributed by atoms with E-state index in [-0.39, 0.29) is 13.2 Å². The lowest BCUT2D eigenvalue weighted by atomic mass is 10.4. The van der Waals surface area contributed by atoms with E-state index in [2.05, 4.69) is 0 Å². The molecule has 0 heterocycles. The zero-order valence-electron chi connectivity index (χ0n) is 8.71. The van der Waals surface area contributed by atoms with E-state index in [9.17, 15) is 0 Å². The molecule has 0 aromatic carbocycles. The quantitative estimate of drug-likeness (QED) is 0.586. The summed E-state index contributed by atoms with van der Waals surface area (Å²) in [5.41, 5.74) is 0. The second-order valence-corrected chi connectivity index (χ2v) is 2.47. The molecule has 0 saturated carbocycles. The van der Waals surface area contributed by atoms with Crippen molar-refractivity contribution in [3.05, 3.63) is 0 Å². The number of aliphatic hydroxyl groups excluding tert-OH is 1. The van der Waals surface area contributed by atoms with Crippen LogP contribution in [0.5, 0.6) is 0 Å². The summed E-state index contributed by atoms with van der Waals surface area (Å²) in [6.07, 6.45) is 0.606. The number of aliphatic hydroxyl groups is 1. The van der Waals surface area contributed by atoms with Gasteiger partial charge in [0.2, 0.25) is 0 Å². The van der Waals surface area contributed by atoms with Crippen LogP contribution in [0.15, 0.2) is 0 Å². The molecule has 4 heteroatoms. The average Bonchev–Trinajstić information content (AvgIpc) is 2.15. The molecule has 0 amide bonds. The highest BCUT2D eigenvalue weighted by Gasteiger charge is 2.30. The largest absolute Gasteiger partial charge is 0.394 e. The Labute approximate surface area is 79.8 Å². The second-order valence-electron chi connectivity index (χ2n) is 2.47. The minimum absolute atomic E-state index is 0.0259. The number of hydrogen-bond acceptors (Lipinski definition) is 4. The maximum Gasteiger partial charge on any atom is 0.282 e. The van der Waals surface area contributed by atoms with Crippen LogP contribution in [-0.2, 0) is 14.2 Å². The first-order valence-electron chi connectivity index (χ1n) is 4.77. The fraction of sp³-hybridized carbons (Fsp3) is 1.00. The van der Waals surface area contributed by atoms with Crippen molar-refractivity contribution >= 4 is 0 Å². The molecule has 0 unspecified atom stereocenters. The van der Waals surface area contributed by atoms with Gasteiger partial charge in [-0.15, -0.1) is 0 Å². The molecule has 0 aliphatic rings. The van der Waals surface area contributed by atoms with Crippen LogP contribution in [0.1, 0.15) is 27.2 Å². The topological polar surface area (TPSA) is 47.9 Å². The Kier molecular flexibility index (Phi) is 7.17. The molecule has 0 spiro atoms. The molecular formula is C9H20O4. The molecular weight excluding hydrogens is 172 g/mol. The summed E-state index contributed by atoms with van der Waals surface area (Å²) >= 11 is 0. The first-order valence-corrected chi connectivity index (χ1v) is 4.77. The number of ether oxygens (including phenoxy) is 3. The normalized spacial score (nSPS) is 12.0. The van der Waals surface area contributed by atoms with Gasteiger partial charge in [0.15, 0.2) is 0 Å². The molecule has 0 aromatic rings. The Hall–Kier alpha value is -0.160. The summed E-state index contributed by atoms with van der Waals surface area (Å²) in [6.45, 7) is 6.94. The van der Waals surface area contributed by atoms with Crippen molar-refractivity contribution in [2.45, 2.75) is 33.2 Å². The summed E-state index contributed by atoms with van der Waals surface area (Å²) in [7, 11) is 0. The van der Waals surface area contributed by atoms with Gasteiger partial charge in [0.05, 0.1) is 13.2 Å². The fourth-order valence-corrected chi connectivity index (χ4v) is 1.07. The Bertz CT molecular complexity index is 110. The lowest BCUT2D eigenvalue weighted by molar-refractivity contribution is -0.380. The van der Waals surface area contributed by atoms with Gasteiger partial charge in [0, 0.05) is 19.6 Å². The smallest absolute Gasteiger partial charge is 0.282 e.